The fourth-order valence-electron chi connectivity index (χ4n) is 1.46. The summed E-state index contributed by atoms with van der Waals surface area (Å²) in [5.41, 5.74) is 3.58. The number of halogens is 1. The Kier molecular flexibility index (Phi) is 3.60. The maximum atomic E-state index is 5.35. The highest BCUT2D eigenvalue weighted by atomic mass is 79.9. The molecule has 0 saturated carbocycles. The maximum absolute atomic E-state index is 5.35. The third-order valence-electron chi connectivity index (χ3n) is 2.27. The van der Waals surface area contributed by atoms with Crippen LogP contribution in [0.4, 0.5) is 11.6 Å². The van der Waals surface area contributed by atoms with Crippen LogP contribution in [-0.4, -0.2) is 17.0 Å². The van der Waals surface area contributed by atoms with Gasteiger partial charge in [-0.05, 0) is 22.0 Å². The molecule has 6 nitrogen and oxygen atoms in total. The lowest BCUT2D eigenvalue weighted by atomic mass is 10.3. The zero-order chi connectivity index (χ0) is 12.3. The predicted octanol–water partition coefficient (Wildman–Crippen LogP) is 1.75. The lowest BCUT2D eigenvalue weighted by Gasteiger charge is -2.19. The van der Waals surface area contributed by atoms with Crippen LogP contribution in [0.25, 0.3) is 0 Å². The van der Waals surface area contributed by atoms with Crippen LogP contribution in [0.2, 0.25) is 0 Å². The standard InChI is InChI=1S/C10H12BrN5O/c1-16(4-7-2-3-17-5-7)10-8(11)9(15-12)13-6-14-10/h2-3,5-6H,4,12H2,1H3,(H,13,14,15). The summed E-state index contributed by atoms with van der Waals surface area (Å²) in [6, 6.07) is 1.91. The number of hydrazine groups is 1. The Labute approximate surface area is 107 Å². The van der Waals surface area contributed by atoms with Gasteiger partial charge >= 0.3 is 0 Å². The molecule has 2 aromatic rings. The topological polar surface area (TPSA) is 80.2 Å². The molecule has 2 aromatic heterocycles. The molecule has 7 heteroatoms. The molecule has 0 atom stereocenters. The summed E-state index contributed by atoms with van der Waals surface area (Å²) in [5, 5.41) is 0. The van der Waals surface area contributed by atoms with Crippen LogP contribution in [0.3, 0.4) is 0 Å². The first-order valence-electron chi connectivity index (χ1n) is 4.91. The number of rotatable bonds is 4. The van der Waals surface area contributed by atoms with Gasteiger partial charge in [0.05, 0.1) is 12.5 Å². The zero-order valence-corrected chi connectivity index (χ0v) is 10.8. The van der Waals surface area contributed by atoms with E-state index in [1.165, 1.54) is 6.33 Å². The fourth-order valence-corrected chi connectivity index (χ4v) is 2.08. The second-order valence-corrected chi connectivity index (χ2v) is 4.28. The minimum absolute atomic E-state index is 0.550. The van der Waals surface area contributed by atoms with Gasteiger partial charge < -0.3 is 14.7 Å². The smallest absolute Gasteiger partial charge is 0.159 e. The summed E-state index contributed by atoms with van der Waals surface area (Å²) in [5.74, 6) is 6.66. The number of hydrogen-bond donors (Lipinski definition) is 2. The van der Waals surface area contributed by atoms with E-state index in [1.54, 1.807) is 12.5 Å². The van der Waals surface area contributed by atoms with E-state index in [4.69, 9.17) is 10.3 Å². The normalized spacial score (nSPS) is 10.3. The summed E-state index contributed by atoms with van der Waals surface area (Å²) in [6.07, 6.45) is 4.81. The Hall–Kier alpha value is -1.60. The van der Waals surface area contributed by atoms with E-state index in [9.17, 15) is 0 Å². The number of hydrogen-bond acceptors (Lipinski definition) is 6. The van der Waals surface area contributed by atoms with Crippen molar-refractivity contribution in [3.05, 3.63) is 35.0 Å². The predicted molar refractivity (Wildman–Crippen MR) is 68.4 cm³/mol. The van der Waals surface area contributed by atoms with Crippen molar-refractivity contribution in [2.24, 2.45) is 5.84 Å². The van der Waals surface area contributed by atoms with E-state index < -0.39 is 0 Å². The van der Waals surface area contributed by atoms with E-state index in [2.05, 4.69) is 31.3 Å². The molecule has 0 fully saturated rings. The first kappa shape index (κ1) is 11.9. The van der Waals surface area contributed by atoms with E-state index in [-0.39, 0.29) is 0 Å². The highest BCUT2D eigenvalue weighted by Crippen LogP contribution is 2.28. The average molecular weight is 298 g/mol. The Bertz CT molecular complexity index is 487. The van der Waals surface area contributed by atoms with Crippen molar-refractivity contribution in [3.8, 4) is 0 Å². The van der Waals surface area contributed by atoms with E-state index in [0.29, 0.717) is 12.4 Å². The Morgan fingerprint density at radius 2 is 2.35 bits per heavy atom. The number of anilines is 2. The molecule has 0 aromatic carbocycles. The Balaban J connectivity index is 2.22. The van der Waals surface area contributed by atoms with Gasteiger partial charge in [0.2, 0.25) is 0 Å². The van der Waals surface area contributed by atoms with Crippen LogP contribution in [-0.2, 0) is 6.54 Å². The van der Waals surface area contributed by atoms with Crippen LogP contribution >= 0.6 is 15.9 Å². The quantitative estimate of drug-likeness (QED) is 0.661. The molecule has 0 bridgehead atoms. The van der Waals surface area contributed by atoms with E-state index >= 15 is 0 Å². The van der Waals surface area contributed by atoms with Gasteiger partial charge in [-0.15, -0.1) is 0 Å². The van der Waals surface area contributed by atoms with Crippen molar-refractivity contribution in [2.45, 2.75) is 6.54 Å². The van der Waals surface area contributed by atoms with E-state index in [0.717, 1.165) is 15.9 Å². The van der Waals surface area contributed by atoms with Gasteiger partial charge in [-0.25, -0.2) is 15.8 Å². The zero-order valence-electron chi connectivity index (χ0n) is 9.22. The maximum Gasteiger partial charge on any atom is 0.159 e. The van der Waals surface area contributed by atoms with Gasteiger partial charge in [0.25, 0.3) is 0 Å². The Morgan fingerprint density at radius 1 is 1.53 bits per heavy atom. The van der Waals surface area contributed by atoms with Gasteiger partial charge in [0.1, 0.15) is 16.6 Å². The monoisotopic (exact) mass is 297 g/mol. The lowest BCUT2D eigenvalue weighted by molar-refractivity contribution is 0.563. The number of nitrogen functional groups attached to an aromatic ring is 1. The molecule has 0 aliphatic heterocycles. The second kappa shape index (κ2) is 5.15. The molecule has 0 unspecified atom stereocenters. The van der Waals surface area contributed by atoms with Gasteiger partial charge in [-0.1, -0.05) is 0 Å². The number of furan rings is 1. The van der Waals surface area contributed by atoms with Crippen LogP contribution in [0.1, 0.15) is 5.56 Å². The molecule has 0 amide bonds. The van der Waals surface area contributed by atoms with Crippen molar-refractivity contribution in [1.29, 1.82) is 0 Å². The number of nitrogens with one attached hydrogen (secondary N) is 1. The summed E-state index contributed by atoms with van der Waals surface area (Å²) in [4.78, 5) is 10.2. The van der Waals surface area contributed by atoms with Crippen molar-refractivity contribution >= 4 is 27.6 Å². The lowest BCUT2D eigenvalue weighted by Crippen LogP contribution is -2.19. The summed E-state index contributed by atoms with van der Waals surface area (Å²) in [7, 11) is 1.93. The molecule has 0 spiro atoms. The fraction of sp³-hybridized carbons (Fsp3) is 0.200. The minimum atomic E-state index is 0.550. The summed E-state index contributed by atoms with van der Waals surface area (Å²) >= 11 is 3.41. The molecule has 0 saturated heterocycles. The van der Waals surface area contributed by atoms with Crippen LogP contribution in [0.5, 0.6) is 0 Å². The Morgan fingerprint density at radius 3 is 3.00 bits per heavy atom. The van der Waals surface area contributed by atoms with Crippen LogP contribution < -0.4 is 16.2 Å². The third-order valence-corrected chi connectivity index (χ3v) is 3.00. The minimum Gasteiger partial charge on any atom is -0.472 e. The first-order valence-corrected chi connectivity index (χ1v) is 5.71. The molecule has 17 heavy (non-hydrogen) atoms. The van der Waals surface area contributed by atoms with Crippen molar-refractivity contribution in [3.63, 3.8) is 0 Å². The highest BCUT2D eigenvalue weighted by Gasteiger charge is 2.12. The SMILES string of the molecule is CN(Cc1ccoc1)c1ncnc(NN)c1Br. The molecular formula is C10H12BrN5O. The summed E-state index contributed by atoms with van der Waals surface area (Å²) in [6.45, 7) is 0.691. The first-order chi connectivity index (χ1) is 8.22. The van der Waals surface area contributed by atoms with Crippen molar-refractivity contribution in [1.82, 2.24) is 9.97 Å². The summed E-state index contributed by atoms with van der Waals surface area (Å²) < 4.78 is 5.75. The molecule has 2 heterocycles. The third kappa shape index (κ3) is 2.56. The van der Waals surface area contributed by atoms with Crippen LogP contribution in [0.15, 0.2) is 33.8 Å². The molecule has 0 radical (unpaired) electrons. The van der Waals surface area contributed by atoms with E-state index in [1.807, 2.05) is 18.0 Å². The van der Waals surface area contributed by atoms with Crippen molar-refractivity contribution < 1.29 is 4.42 Å². The molecule has 2 rings (SSSR count). The highest BCUT2D eigenvalue weighted by molar-refractivity contribution is 9.10. The van der Waals surface area contributed by atoms with Gasteiger partial charge in [-0.3, -0.25) is 0 Å². The van der Waals surface area contributed by atoms with Crippen LogP contribution in [0, 0.1) is 0 Å². The van der Waals surface area contributed by atoms with Crippen molar-refractivity contribution in [2.75, 3.05) is 17.4 Å². The van der Waals surface area contributed by atoms with Gasteiger partial charge in [0, 0.05) is 19.2 Å². The molecule has 0 aliphatic carbocycles. The number of nitrogens with zero attached hydrogens (tertiary/aromatic N) is 3. The molecule has 90 valence electrons. The number of nitrogens with two attached hydrogens (primary N) is 1. The molecule has 3 N–H and O–H groups in total. The van der Waals surface area contributed by atoms with Gasteiger partial charge in [-0.2, -0.15) is 0 Å². The van der Waals surface area contributed by atoms with Gasteiger partial charge in [0.15, 0.2) is 5.82 Å². The number of aromatic nitrogens is 2. The molecule has 0 aliphatic rings. The average Bonchev–Trinajstić information content (AvgIpc) is 2.82. The molecular weight excluding hydrogens is 286 g/mol. The largest absolute Gasteiger partial charge is 0.472 e. The second-order valence-electron chi connectivity index (χ2n) is 3.49.